The van der Waals surface area contributed by atoms with Crippen molar-refractivity contribution in [3.63, 3.8) is 0 Å². The number of methoxy groups -OCH3 is 1. The average molecular weight is 268 g/mol. The van der Waals surface area contributed by atoms with Crippen molar-refractivity contribution >= 4 is 0 Å². The minimum absolute atomic E-state index is 0.651. The van der Waals surface area contributed by atoms with Gasteiger partial charge in [-0.05, 0) is 0 Å². The van der Waals surface area contributed by atoms with Gasteiger partial charge in [-0.25, -0.2) is 9.97 Å². The van der Waals surface area contributed by atoms with E-state index >= 15 is 0 Å². The van der Waals surface area contributed by atoms with E-state index in [1.54, 1.807) is 19.6 Å². The van der Waals surface area contributed by atoms with Gasteiger partial charge in [-0.15, -0.1) is 0 Å². The van der Waals surface area contributed by atoms with Crippen LogP contribution in [0, 0.1) is 0 Å². The molecule has 5 nitrogen and oxygen atoms in total. The Balaban J connectivity index is 2.00. The Kier molecular flexibility index (Phi) is 3.60. The molecule has 0 spiro atoms. The molecule has 1 aromatic carbocycles. The molecule has 0 fully saturated rings. The van der Waals surface area contributed by atoms with Crippen LogP contribution in [0.5, 0.6) is 0 Å². The smallest absolute Gasteiger partial charge is 0.158 e. The standard InChI is InChI=1S/C15H16N4O/c1-20-10-9-19-8-7-16-15(19)14-13(17-11-18-14)12-5-3-2-4-6-12/h2-8,11H,9-10H2,1H3,(H,17,18). The first-order chi connectivity index (χ1) is 9.90. The van der Waals surface area contributed by atoms with Gasteiger partial charge >= 0.3 is 0 Å². The van der Waals surface area contributed by atoms with Gasteiger partial charge in [0.15, 0.2) is 5.82 Å². The fourth-order valence-corrected chi connectivity index (χ4v) is 2.19. The predicted molar refractivity (Wildman–Crippen MR) is 77.1 cm³/mol. The highest BCUT2D eigenvalue weighted by Gasteiger charge is 2.14. The summed E-state index contributed by atoms with van der Waals surface area (Å²) in [5.41, 5.74) is 2.91. The molecular formula is C15H16N4O. The number of aromatic nitrogens is 4. The van der Waals surface area contributed by atoms with Gasteiger partial charge in [0, 0.05) is 31.6 Å². The molecule has 3 rings (SSSR count). The first-order valence-corrected chi connectivity index (χ1v) is 6.49. The molecule has 1 N–H and O–H groups in total. The maximum absolute atomic E-state index is 5.13. The summed E-state index contributed by atoms with van der Waals surface area (Å²) in [4.78, 5) is 12.0. The van der Waals surface area contributed by atoms with Crippen molar-refractivity contribution in [3.05, 3.63) is 49.1 Å². The van der Waals surface area contributed by atoms with E-state index in [-0.39, 0.29) is 0 Å². The van der Waals surface area contributed by atoms with Crippen LogP contribution in [0.3, 0.4) is 0 Å². The number of nitrogens with zero attached hydrogens (tertiary/aromatic N) is 3. The SMILES string of the molecule is COCCn1ccnc1-c1[nH]cnc1-c1ccccc1. The lowest BCUT2D eigenvalue weighted by Gasteiger charge is -2.07. The Bertz CT molecular complexity index is 672. The molecule has 3 aromatic rings. The van der Waals surface area contributed by atoms with Crippen molar-refractivity contribution in [2.45, 2.75) is 6.54 Å². The van der Waals surface area contributed by atoms with Crippen molar-refractivity contribution in [2.24, 2.45) is 0 Å². The number of benzene rings is 1. The van der Waals surface area contributed by atoms with Crippen LogP contribution in [0.15, 0.2) is 49.1 Å². The number of imidazole rings is 2. The zero-order valence-electron chi connectivity index (χ0n) is 11.3. The molecule has 0 radical (unpaired) electrons. The van der Waals surface area contributed by atoms with Crippen molar-refractivity contribution in [1.82, 2.24) is 19.5 Å². The normalized spacial score (nSPS) is 10.8. The maximum Gasteiger partial charge on any atom is 0.158 e. The molecule has 2 heterocycles. The lowest BCUT2D eigenvalue weighted by molar-refractivity contribution is 0.187. The summed E-state index contributed by atoms with van der Waals surface area (Å²) in [7, 11) is 1.70. The quantitative estimate of drug-likeness (QED) is 0.773. The Hall–Kier alpha value is -2.40. The number of aromatic amines is 1. The van der Waals surface area contributed by atoms with E-state index in [1.807, 2.05) is 36.5 Å². The van der Waals surface area contributed by atoms with Crippen molar-refractivity contribution in [2.75, 3.05) is 13.7 Å². The third kappa shape index (κ3) is 2.35. The third-order valence-corrected chi connectivity index (χ3v) is 3.16. The summed E-state index contributed by atoms with van der Waals surface area (Å²) >= 11 is 0. The van der Waals surface area contributed by atoms with Crippen LogP contribution in [0.25, 0.3) is 22.8 Å². The van der Waals surface area contributed by atoms with E-state index in [1.165, 1.54) is 0 Å². The minimum Gasteiger partial charge on any atom is -0.383 e. The Morgan fingerprint density at radius 1 is 1.20 bits per heavy atom. The molecular weight excluding hydrogens is 252 g/mol. The molecule has 0 aliphatic heterocycles. The Morgan fingerprint density at radius 3 is 2.85 bits per heavy atom. The van der Waals surface area contributed by atoms with E-state index in [9.17, 15) is 0 Å². The van der Waals surface area contributed by atoms with Gasteiger partial charge in [-0.3, -0.25) is 0 Å². The Morgan fingerprint density at radius 2 is 2.05 bits per heavy atom. The molecule has 0 aliphatic rings. The summed E-state index contributed by atoms with van der Waals surface area (Å²) in [6.07, 6.45) is 5.44. The molecule has 0 bridgehead atoms. The summed E-state index contributed by atoms with van der Waals surface area (Å²) < 4.78 is 7.19. The first-order valence-electron chi connectivity index (χ1n) is 6.49. The topological polar surface area (TPSA) is 55.7 Å². The fraction of sp³-hybridized carbons (Fsp3) is 0.200. The summed E-state index contributed by atoms with van der Waals surface area (Å²) in [6, 6.07) is 10.1. The second kappa shape index (κ2) is 5.71. The molecule has 5 heteroatoms. The van der Waals surface area contributed by atoms with E-state index < -0.39 is 0 Å². The largest absolute Gasteiger partial charge is 0.383 e. The zero-order valence-corrected chi connectivity index (χ0v) is 11.3. The van der Waals surface area contributed by atoms with E-state index in [0.717, 1.165) is 29.3 Å². The monoisotopic (exact) mass is 268 g/mol. The Labute approximate surface area is 117 Å². The van der Waals surface area contributed by atoms with Crippen LogP contribution in [0.2, 0.25) is 0 Å². The number of nitrogens with one attached hydrogen (secondary N) is 1. The zero-order chi connectivity index (χ0) is 13.8. The molecule has 0 saturated carbocycles. The maximum atomic E-state index is 5.13. The highest BCUT2D eigenvalue weighted by molar-refractivity contribution is 5.74. The summed E-state index contributed by atoms with van der Waals surface area (Å²) in [5.74, 6) is 0.874. The van der Waals surface area contributed by atoms with Gasteiger partial charge in [0.25, 0.3) is 0 Å². The third-order valence-electron chi connectivity index (χ3n) is 3.16. The number of ether oxygens (including phenoxy) is 1. The van der Waals surface area contributed by atoms with Crippen LogP contribution in [0.4, 0.5) is 0 Å². The van der Waals surface area contributed by atoms with Crippen LogP contribution < -0.4 is 0 Å². The average Bonchev–Trinajstić information content (AvgIpc) is 3.14. The molecule has 0 saturated heterocycles. The number of hydrogen-bond donors (Lipinski definition) is 1. The van der Waals surface area contributed by atoms with Crippen LogP contribution in [-0.4, -0.2) is 33.2 Å². The van der Waals surface area contributed by atoms with E-state index in [2.05, 4.69) is 19.5 Å². The number of rotatable bonds is 5. The molecule has 0 atom stereocenters. The molecule has 2 aromatic heterocycles. The van der Waals surface area contributed by atoms with E-state index in [0.29, 0.717) is 6.61 Å². The molecule has 0 amide bonds. The van der Waals surface area contributed by atoms with Crippen LogP contribution >= 0.6 is 0 Å². The van der Waals surface area contributed by atoms with Gasteiger partial charge in [-0.1, -0.05) is 30.3 Å². The van der Waals surface area contributed by atoms with Crippen molar-refractivity contribution < 1.29 is 4.74 Å². The highest BCUT2D eigenvalue weighted by atomic mass is 16.5. The predicted octanol–water partition coefficient (Wildman–Crippen LogP) is 2.59. The van der Waals surface area contributed by atoms with Gasteiger partial charge in [0.2, 0.25) is 0 Å². The minimum atomic E-state index is 0.651. The molecule has 0 aliphatic carbocycles. The van der Waals surface area contributed by atoms with E-state index in [4.69, 9.17) is 4.74 Å². The van der Waals surface area contributed by atoms with Crippen molar-refractivity contribution in [1.29, 1.82) is 0 Å². The second-order valence-corrected chi connectivity index (χ2v) is 4.43. The van der Waals surface area contributed by atoms with Gasteiger partial charge in [0.1, 0.15) is 5.69 Å². The van der Waals surface area contributed by atoms with Crippen molar-refractivity contribution in [3.8, 4) is 22.8 Å². The van der Waals surface area contributed by atoms with Crippen LogP contribution in [0.1, 0.15) is 0 Å². The van der Waals surface area contributed by atoms with Gasteiger partial charge < -0.3 is 14.3 Å². The summed E-state index contributed by atoms with van der Waals surface area (Å²) in [6.45, 7) is 1.41. The second-order valence-electron chi connectivity index (χ2n) is 4.43. The summed E-state index contributed by atoms with van der Waals surface area (Å²) in [5, 5.41) is 0. The lowest BCUT2D eigenvalue weighted by atomic mass is 10.1. The van der Waals surface area contributed by atoms with Crippen LogP contribution in [-0.2, 0) is 11.3 Å². The number of H-pyrrole nitrogens is 1. The highest BCUT2D eigenvalue weighted by Crippen LogP contribution is 2.27. The molecule has 102 valence electrons. The van der Waals surface area contributed by atoms with Gasteiger partial charge in [-0.2, -0.15) is 0 Å². The molecule has 0 unspecified atom stereocenters. The number of hydrogen-bond acceptors (Lipinski definition) is 3. The molecule has 20 heavy (non-hydrogen) atoms. The fourth-order valence-electron chi connectivity index (χ4n) is 2.19. The lowest BCUT2D eigenvalue weighted by Crippen LogP contribution is -2.05. The van der Waals surface area contributed by atoms with Gasteiger partial charge in [0.05, 0.1) is 18.6 Å². The first kappa shape index (κ1) is 12.6.